The standard InChI is InChI=1S/C17H22N2O5/c1-8-12-10(7-11(15(21)23-6)19-14(12)20)13(9(2)18-8)16(22)24-17(3,4)5/h11H,7H2,1-6H3,(H,19,20)/t11-/m0/s1. The van der Waals surface area contributed by atoms with Gasteiger partial charge >= 0.3 is 11.9 Å². The molecule has 2 rings (SSSR count). The Kier molecular flexibility index (Phi) is 4.64. The topological polar surface area (TPSA) is 94.6 Å². The van der Waals surface area contributed by atoms with Gasteiger partial charge in [0.05, 0.1) is 29.6 Å². The lowest BCUT2D eigenvalue weighted by Crippen LogP contribution is -2.48. The second-order valence-electron chi connectivity index (χ2n) is 6.77. The van der Waals surface area contributed by atoms with E-state index in [9.17, 15) is 14.4 Å². The molecule has 0 spiro atoms. The molecular weight excluding hydrogens is 312 g/mol. The van der Waals surface area contributed by atoms with Crippen molar-refractivity contribution in [3.05, 3.63) is 28.1 Å². The molecule has 1 aliphatic rings. The molecule has 1 atom stereocenters. The zero-order chi connectivity index (χ0) is 18.2. The summed E-state index contributed by atoms with van der Waals surface area (Å²) in [6, 6.07) is -0.836. The van der Waals surface area contributed by atoms with E-state index in [1.165, 1.54) is 7.11 Å². The van der Waals surface area contributed by atoms with E-state index >= 15 is 0 Å². The predicted octanol–water partition coefficient (Wildman–Crippen LogP) is 1.48. The van der Waals surface area contributed by atoms with E-state index in [4.69, 9.17) is 9.47 Å². The Morgan fingerprint density at radius 2 is 1.83 bits per heavy atom. The van der Waals surface area contributed by atoms with E-state index in [-0.39, 0.29) is 12.0 Å². The van der Waals surface area contributed by atoms with Gasteiger partial charge in [0.2, 0.25) is 0 Å². The minimum absolute atomic E-state index is 0.159. The average Bonchev–Trinajstić information content (AvgIpc) is 2.43. The van der Waals surface area contributed by atoms with E-state index in [1.54, 1.807) is 34.6 Å². The van der Waals surface area contributed by atoms with Crippen LogP contribution in [0, 0.1) is 13.8 Å². The van der Waals surface area contributed by atoms with Gasteiger partial charge in [-0.2, -0.15) is 0 Å². The third-order valence-electron chi connectivity index (χ3n) is 3.69. The van der Waals surface area contributed by atoms with Crippen molar-refractivity contribution in [2.45, 2.75) is 52.7 Å². The van der Waals surface area contributed by atoms with Crippen LogP contribution in [0.4, 0.5) is 0 Å². The number of fused-ring (bicyclic) bond motifs is 1. The number of aryl methyl sites for hydroxylation is 2. The largest absolute Gasteiger partial charge is 0.467 e. The molecule has 0 radical (unpaired) electrons. The summed E-state index contributed by atoms with van der Waals surface area (Å²) in [4.78, 5) is 41.1. The summed E-state index contributed by atoms with van der Waals surface area (Å²) in [7, 11) is 1.25. The molecular formula is C17H22N2O5. The molecule has 1 aromatic heterocycles. The van der Waals surface area contributed by atoms with Crippen LogP contribution in [-0.4, -0.2) is 41.6 Å². The van der Waals surface area contributed by atoms with Crippen molar-refractivity contribution in [2.24, 2.45) is 0 Å². The van der Waals surface area contributed by atoms with Crippen molar-refractivity contribution in [3.63, 3.8) is 0 Å². The number of esters is 2. The summed E-state index contributed by atoms with van der Waals surface area (Å²) in [5, 5.41) is 2.59. The fourth-order valence-electron chi connectivity index (χ4n) is 2.80. The van der Waals surface area contributed by atoms with Gasteiger partial charge in [0.15, 0.2) is 0 Å². The smallest absolute Gasteiger partial charge is 0.340 e. The summed E-state index contributed by atoms with van der Waals surface area (Å²) in [5.41, 5.74) is 1.35. The van der Waals surface area contributed by atoms with E-state index in [0.29, 0.717) is 22.5 Å². The minimum Gasteiger partial charge on any atom is -0.467 e. The van der Waals surface area contributed by atoms with Crippen molar-refractivity contribution in [1.29, 1.82) is 0 Å². The van der Waals surface area contributed by atoms with E-state index < -0.39 is 29.5 Å². The number of carbonyl (C=O) groups is 3. The molecule has 7 nitrogen and oxygen atoms in total. The molecule has 0 fully saturated rings. The fourth-order valence-corrected chi connectivity index (χ4v) is 2.80. The normalized spacial score (nSPS) is 16.9. The third kappa shape index (κ3) is 3.39. The number of pyridine rings is 1. The Balaban J connectivity index is 2.58. The predicted molar refractivity (Wildman–Crippen MR) is 85.9 cm³/mol. The Labute approximate surface area is 140 Å². The molecule has 0 aliphatic carbocycles. The molecule has 1 amide bonds. The van der Waals surface area contributed by atoms with Crippen molar-refractivity contribution in [3.8, 4) is 0 Å². The van der Waals surface area contributed by atoms with Gasteiger partial charge in [-0.05, 0) is 40.2 Å². The Hall–Kier alpha value is -2.44. The molecule has 1 aliphatic heterocycles. The van der Waals surface area contributed by atoms with Crippen LogP contribution in [0.1, 0.15) is 58.4 Å². The van der Waals surface area contributed by atoms with E-state index in [2.05, 4.69) is 10.3 Å². The molecule has 0 saturated heterocycles. The van der Waals surface area contributed by atoms with Crippen LogP contribution in [0.5, 0.6) is 0 Å². The highest BCUT2D eigenvalue weighted by Gasteiger charge is 2.36. The van der Waals surface area contributed by atoms with Gasteiger partial charge in [0.1, 0.15) is 11.6 Å². The number of nitrogens with one attached hydrogen (secondary N) is 1. The van der Waals surface area contributed by atoms with Gasteiger partial charge < -0.3 is 14.8 Å². The van der Waals surface area contributed by atoms with Crippen molar-refractivity contribution < 1.29 is 23.9 Å². The zero-order valence-electron chi connectivity index (χ0n) is 14.8. The van der Waals surface area contributed by atoms with Crippen LogP contribution in [0.2, 0.25) is 0 Å². The van der Waals surface area contributed by atoms with Crippen LogP contribution in [-0.2, 0) is 20.7 Å². The van der Waals surface area contributed by atoms with Crippen molar-refractivity contribution in [2.75, 3.05) is 7.11 Å². The number of nitrogens with zero attached hydrogens (tertiary/aromatic N) is 1. The summed E-state index contributed by atoms with van der Waals surface area (Å²) in [6.07, 6.45) is 0.159. The first kappa shape index (κ1) is 17.9. The molecule has 2 heterocycles. The van der Waals surface area contributed by atoms with Crippen molar-refractivity contribution >= 4 is 17.8 Å². The number of rotatable bonds is 2. The molecule has 1 aromatic rings. The molecule has 1 N–H and O–H groups in total. The molecule has 24 heavy (non-hydrogen) atoms. The first-order valence-corrected chi connectivity index (χ1v) is 7.67. The van der Waals surface area contributed by atoms with Crippen molar-refractivity contribution in [1.82, 2.24) is 10.3 Å². The first-order chi connectivity index (χ1) is 11.0. The van der Waals surface area contributed by atoms with E-state index in [1.807, 2.05) is 0 Å². The van der Waals surface area contributed by atoms with Gasteiger partial charge in [0.25, 0.3) is 5.91 Å². The minimum atomic E-state index is -0.836. The lowest BCUT2D eigenvalue weighted by atomic mass is 9.89. The van der Waals surface area contributed by atoms with Crippen LogP contribution in [0.3, 0.4) is 0 Å². The first-order valence-electron chi connectivity index (χ1n) is 7.67. The maximum absolute atomic E-state index is 12.6. The van der Waals surface area contributed by atoms with Gasteiger partial charge in [-0.1, -0.05) is 0 Å². The zero-order valence-corrected chi connectivity index (χ0v) is 14.8. The van der Waals surface area contributed by atoms with Gasteiger partial charge in [0, 0.05) is 6.42 Å². The maximum Gasteiger partial charge on any atom is 0.340 e. The molecule has 0 unspecified atom stereocenters. The third-order valence-corrected chi connectivity index (χ3v) is 3.69. The number of aromatic nitrogens is 1. The number of ether oxygens (including phenoxy) is 2. The van der Waals surface area contributed by atoms with Crippen LogP contribution >= 0.6 is 0 Å². The monoisotopic (exact) mass is 334 g/mol. The highest BCUT2D eigenvalue weighted by atomic mass is 16.6. The number of carbonyl (C=O) groups excluding carboxylic acids is 3. The second kappa shape index (κ2) is 6.22. The van der Waals surface area contributed by atoms with Crippen LogP contribution < -0.4 is 5.32 Å². The number of hydrogen-bond acceptors (Lipinski definition) is 6. The summed E-state index contributed by atoms with van der Waals surface area (Å²) < 4.78 is 10.2. The molecule has 0 aromatic carbocycles. The average molecular weight is 334 g/mol. The lowest BCUT2D eigenvalue weighted by Gasteiger charge is -2.28. The Bertz CT molecular complexity index is 719. The highest BCUT2D eigenvalue weighted by molar-refractivity contribution is 6.04. The fraction of sp³-hybridized carbons (Fsp3) is 0.529. The SMILES string of the molecule is COC(=O)[C@@H]1Cc2c(c(C)nc(C)c2C(=O)OC(C)(C)C)C(=O)N1. The maximum atomic E-state index is 12.6. The summed E-state index contributed by atoms with van der Waals surface area (Å²) in [5.74, 6) is -1.56. The molecule has 0 saturated carbocycles. The molecule has 7 heteroatoms. The molecule has 0 bridgehead atoms. The van der Waals surface area contributed by atoms with Crippen LogP contribution in [0.15, 0.2) is 0 Å². The van der Waals surface area contributed by atoms with E-state index in [0.717, 1.165) is 0 Å². The van der Waals surface area contributed by atoms with Crippen LogP contribution in [0.25, 0.3) is 0 Å². The highest BCUT2D eigenvalue weighted by Crippen LogP contribution is 2.27. The number of methoxy groups -OCH3 is 1. The summed E-state index contributed by atoms with van der Waals surface area (Å²) >= 11 is 0. The Morgan fingerprint density at radius 1 is 1.21 bits per heavy atom. The number of amides is 1. The number of hydrogen-bond donors (Lipinski definition) is 1. The molecule has 130 valence electrons. The quantitative estimate of drug-likeness (QED) is 0.823. The Morgan fingerprint density at radius 3 is 2.38 bits per heavy atom. The van der Waals surface area contributed by atoms with Gasteiger partial charge in [-0.25, -0.2) is 9.59 Å². The summed E-state index contributed by atoms with van der Waals surface area (Å²) in [6.45, 7) is 8.67. The second-order valence-corrected chi connectivity index (χ2v) is 6.77. The van der Waals surface area contributed by atoms with Gasteiger partial charge in [-0.15, -0.1) is 0 Å². The lowest BCUT2D eigenvalue weighted by molar-refractivity contribution is -0.142. The van der Waals surface area contributed by atoms with Gasteiger partial charge in [-0.3, -0.25) is 9.78 Å².